The molecule has 0 amide bonds. The molecule has 0 bridgehead atoms. The van der Waals surface area contributed by atoms with Gasteiger partial charge in [0.25, 0.3) is 0 Å². The van der Waals surface area contributed by atoms with Gasteiger partial charge < -0.3 is 13.9 Å². The van der Waals surface area contributed by atoms with Crippen LogP contribution in [0.2, 0.25) is 0 Å². The zero-order chi connectivity index (χ0) is 23.3. The molecule has 0 aliphatic rings. The number of aromatic nitrogens is 4. The molecule has 168 valence electrons. The highest BCUT2D eigenvalue weighted by Gasteiger charge is 2.13. The van der Waals surface area contributed by atoms with Gasteiger partial charge in [0.15, 0.2) is 11.5 Å². The molecule has 34 heavy (non-hydrogen) atoms. The Labute approximate surface area is 196 Å². The molecule has 0 saturated heterocycles. The molecular weight excluding hydrogens is 428 g/mol. The summed E-state index contributed by atoms with van der Waals surface area (Å²) in [5, 5.41) is 13.2. The molecule has 0 aliphatic heterocycles. The van der Waals surface area contributed by atoms with Gasteiger partial charge in [0, 0.05) is 29.0 Å². The fraction of sp³-hybridized carbons (Fsp3) is 0.0741. The number of para-hydroxylation sites is 1. The first-order valence-corrected chi connectivity index (χ1v) is 10.7. The van der Waals surface area contributed by atoms with E-state index in [4.69, 9.17) is 19.0 Å². The molecule has 7 heteroatoms. The van der Waals surface area contributed by atoms with E-state index in [1.165, 1.54) is 0 Å². The highest BCUT2D eigenvalue weighted by atomic mass is 16.5. The summed E-state index contributed by atoms with van der Waals surface area (Å²) < 4.78 is 18.4. The van der Waals surface area contributed by atoms with E-state index in [0.717, 1.165) is 28.1 Å². The Kier molecular flexibility index (Phi) is 5.90. The lowest BCUT2D eigenvalue weighted by Crippen LogP contribution is -1.93. The zero-order valence-electron chi connectivity index (χ0n) is 18.8. The summed E-state index contributed by atoms with van der Waals surface area (Å²) >= 11 is 0. The quantitative estimate of drug-likeness (QED) is 0.313. The van der Waals surface area contributed by atoms with Crippen molar-refractivity contribution in [2.75, 3.05) is 14.2 Å². The molecule has 0 radical (unpaired) electrons. The summed E-state index contributed by atoms with van der Waals surface area (Å²) in [4.78, 5) is 0. The van der Waals surface area contributed by atoms with Gasteiger partial charge in [0.05, 0.1) is 25.6 Å². The lowest BCUT2D eigenvalue weighted by atomic mass is 10.1. The number of rotatable bonds is 7. The molecule has 0 atom stereocenters. The van der Waals surface area contributed by atoms with Gasteiger partial charge in [-0.15, -0.1) is 10.2 Å². The topological polar surface area (TPSA) is 75.2 Å². The van der Waals surface area contributed by atoms with Crippen LogP contribution in [-0.2, 0) is 0 Å². The molecule has 0 saturated carbocycles. The third kappa shape index (κ3) is 4.31. The zero-order valence-corrected chi connectivity index (χ0v) is 18.8. The Morgan fingerprint density at radius 1 is 0.765 bits per heavy atom. The number of hydrogen-bond acceptors (Lipinski definition) is 6. The lowest BCUT2D eigenvalue weighted by molar-refractivity contribution is 0.355. The normalized spacial score (nSPS) is 11.1. The molecule has 0 unspecified atom stereocenters. The maximum Gasteiger partial charge on any atom is 0.248 e. The molecule has 5 aromatic rings. The number of methoxy groups -OCH3 is 2. The van der Waals surface area contributed by atoms with Crippen LogP contribution in [0.15, 0.2) is 89.5 Å². The maximum atomic E-state index is 5.87. The predicted octanol–water partition coefficient (Wildman–Crippen LogP) is 5.78. The van der Waals surface area contributed by atoms with Crippen molar-refractivity contribution in [1.82, 2.24) is 20.0 Å². The average molecular weight is 450 g/mol. The van der Waals surface area contributed by atoms with Crippen LogP contribution in [0.4, 0.5) is 0 Å². The van der Waals surface area contributed by atoms with Crippen LogP contribution in [0.25, 0.3) is 40.6 Å². The monoisotopic (exact) mass is 450 g/mol. The summed E-state index contributed by atoms with van der Waals surface area (Å²) in [6.45, 7) is 0. The van der Waals surface area contributed by atoms with Crippen LogP contribution in [-0.4, -0.2) is 34.2 Å². The minimum absolute atomic E-state index is 0.385. The second kappa shape index (κ2) is 9.46. The van der Waals surface area contributed by atoms with Crippen LogP contribution in [0.5, 0.6) is 11.5 Å². The Morgan fingerprint density at radius 2 is 1.50 bits per heavy atom. The minimum Gasteiger partial charge on any atom is -0.493 e. The minimum atomic E-state index is 0.385. The summed E-state index contributed by atoms with van der Waals surface area (Å²) in [5.41, 5.74) is 4.54. The summed E-state index contributed by atoms with van der Waals surface area (Å²) in [6, 6.07) is 25.5. The number of benzene rings is 3. The summed E-state index contributed by atoms with van der Waals surface area (Å²) in [6.07, 6.45) is 5.70. The highest BCUT2D eigenvalue weighted by molar-refractivity contribution is 5.77. The highest BCUT2D eigenvalue weighted by Crippen LogP contribution is 2.32. The van der Waals surface area contributed by atoms with E-state index in [1.54, 1.807) is 32.4 Å². The van der Waals surface area contributed by atoms with Crippen molar-refractivity contribution in [3.63, 3.8) is 0 Å². The first-order valence-electron chi connectivity index (χ1n) is 10.7. The van der Waals surface area contributed by atoms with E-state index in [1.807, 2.05) is 83.7 Å². The van der Waals surface area contributed by atoms with Gasteiger partial charge in [-0.3, -0.25) is 0 Å². The third-order valence-electron chi connectivity index (χ3n) is 5.29. The Balaban J connectivity index is 1.47. The van der Waals surface area contributed by atoms with Crippen molar-refractivity contribution in [2.24, 2.45) is 0 Å². The molecule has 3 aromatic carbocycles. The summed E-state index contributed by atoms with van der Waals surface area (Å²) in [5.74, 6) is 2.01. The van der Waals surface area contributed by atoms with E-state index >= 15 is 0 Å². The van der Waals surface area contributed by atoms with Crippen LogP contribution < -0.4 is 9.47 Å². The van der Waals surface area contributed by atoms with Crippen molar-refractivity contribution < 1.29 is 13.9 Å². The SMILES string of the molecule is COc1ccc(-c2nnc(/C=C/c3cn(-c4ccccc4)nc3-c3ccccc3)o2)cc1OC. The smallest absolute Gasteiger partial charge is 0.248 e. The second-order valence-corrected chi connectivity index (χ2v) is 7.43. The number of hydrogen-bond donors (Lipinski definition) is 0. The van der Waals surface area contributed by atoms with E-state index in [-0.39, 0.29) is 0 Å². The van der Waals surface area contributed by atoms with Crippen LogP contribution in [0, 0.1) is 0 Å². The third-order valence-corrected chi connectivity index (χ3v) is 5.29. The van der Waals surface area contributed by atoms with Crippen molar-refractivity contribution >= 4 is 12.2 Å². The molecule has 0 aliphatic carbocycles. The molecule has 5 rings (SSSR count). The first-order chi connectivity index (χ1) is 16.7. The Hall–Kier alpha value is -4.65. The molecule has 2 heterocycles. The van der Waals surface area contributed by atoms with E-state index < -0.39 is 0 Å². The van der Waals surface area contributed by atoms with E-state index in [2.05, 4.69) is 10.2 Å². The second-order valence-electron chi connectivity index (χ2n) is 7.43. The van der Waals surface area contributed by atoms with Gasteiger partial charge in [-0.05, 0) is 36.4 Å². The molecule has 0 fully saturated rings. The Bertz CT molecular complexity index is 1420. The number of ether oxygens (including phenoxy) is 2. The predicted molar refractivity (Wildman–Crippen MR) is 131 cm³/mol. The van der Waals surface area contributed by atoms with Crippen molar-refractivity contribution in [3.05, 3.63) is 96.5 Å². The van der Waals surface area contributed by atoms with Gasteiger partial charge in [0.2, 0.25) is 11.8 Å². The molecule has 0 spiro atoms. The van der Waals surface area contributed by atoms with Crippen molar-refractivity contribution in [3.8, 4) is 39.9 Å². The van der Waals surface area contributed by atoms with Gasteiger partial charge in [-0.25, -0.2) is 4.68 Å². The largest absolute Gasteiger partial charge is 0.493 e. The van der Waals surface area contributed by atoms with Crippen LogP contribution in [0.3, 0.4) is 0 Å². The van der Waals surface area contributed by atoms with Crippen molar-refractivity contribution in [2.45, 2.75) is 0 Å². The molecule has 0 N–H and O–H groups in total. The maximum absolute atomic E-state index is 5.87. The number of nitrogens with zero attached hydrogens (tertiary/aromatic N) is 4. The Morgan fingerprint density at radius 3 is 2.24 bits per heavy atom. The van der Waals surface area contributed by atoms with Gasteiger partial charge in [-0.1, -0.05) is 48.5 Å². The van der Waals surface area contributed by atoms with E-state index in [0.29, 0.717) is 23.3 Å². The first kappa shape index (κ1) is 21.2. The standard InChI is InChI=1S/C27H22N4O3/c1-32-23-15-13-20(17-24(23)33-2)27-29-28-25(34-27)16-14-21-18-31(22-11-7-4-8-12-22)30-26(21)19-9-5-3-6-10-19/h3-18H,1-2H3/b16-14+. The van der Waals surface area contributed by atoms with Crippen LogP contribution >= 0.6 is 0 Å². The fourth-order valence-electron chi connectivity index (χ4n) is 3.59. The summed E-state index contributed by atoms with van der Waals surface area (Å²) in [7, 11) is 3.18. The molecule has 2 aromatic heterocycles. The fourth-order valence-corrected chi connectivity index (χ4v) is 3.59. The van der Waals surface area contributed by atoms with Gasteiger partial charge in [0.1, 0.15) is 0 Å². The molecular formula is C27H22N4O3. The lowest BCUT2D eigenvalue weighted by Gasteiger charge is -2.07. The average Bonchev–Trinajstić information content (AvgIpc) is 3.55. The van der Waals surface area contributed by atoms with Gasteiger partial charge >= 0.3 is 0 Å². The molecule has 7 nitrogen and oxygen atoms in total. The van der Waals surface area contributed by atoms with Crippen LogP contribution in [0.1, 0.15) is 11.5 Å². The van der Waals surface area contributed by atoms with E-state index in [9.17, 15) is 0 Å². The van der Waals surface area contributed by atoms with Gasteiger partial charge in [-0.2, -0.15) is 5.10 Å². The van der Waals surface area contributed by atoms with Crippen molar-refractivity contribution in [1.29, 1.82) is 0 Å².